The molecule has 1 aliphatic rings. The van der Waals surface area contributed by atoms with Crippen molar-refractivity contribution in [2.24, 2.45) is 5.92 Å². The number of para-hydroxylation sites is 1. The van der Waals surface area contributed by atoms with Crippen LogP contribution in [0, 0.1) is 12.8 Å². The average molecular weight is 366 g/mol. The van der Waals surface area contributed by atoms with Gasteiger partial charge in [-0.3, -0.25) is 9.69 Å². The summed E-state index contributed by atoms with van der Waals surface area (Å²) in [6, 6.07) is 10.0. The van der Waals surface area contributed by atoms with Crippen LogP contribution >= 0.6 is 0 Å². The van der Waals surface area contributed by atoms with Crippen LogP contribution in [0.5, 0.6) is 0 Å². The molecule has 142 valence electrons. The predicted octanol–water partition coefficient (Wildman–Crippen LogP) is 3.04. The Morgan fingerprint density at radius 2 is 2.30 bits per heavy atom. The number of carbonyl (C=O) groups is 1. The van der Waals surface area contributed by atoms with Crippen LogP contribution < -0.4 is 5.32 Å². The highest BCUT2D eigenvalue weighted by Gasteiger charge is 2.26. The Balaban J connectivity index is 1.27. The maximum Gasteiger partial charge on any atom is 0.224 e. The lowest BCUT2D eigenvalue weighted by atomic mass is 9.97. The first kappa shape index (κ1) is 17.8. The standard InChI is InChI=1S/C21H26N4O2/c1-15-5-2-8-18-20(15)24-19(23-18)9-10-22-21(26)16-6-3-11-25(13-16)14-17-7-4-12-27-17/h2,4-5,7-8,12,16H,3,6,9-11,13-14H2,1H3,(H,22,26)(H,23,24)/t16-/m0/s1. The van der Waals surface area contributed by atoms with Gasteiger partial charge in [-0.25, -0.2) is 4.98 Å². The predicted molar refractivity (Wildman–Crippen MR) is 104 cm³/mol. The van der Waals surface area contributed by atoms with Crippen molar-refractivity contribution in [1.29, 1.82) is 0 Å². The molecule has 3 aromatic rings. The van der Waals surface area contributed by atoms with Crippen molar-refractivity contribution in [1.82, 2.24) is 20.2 Å². The summed E-state index contributed by atoms with van der Waals surface area (Å²) in [5, 5.41) is 3.09. The van der Waals surface area contributed by atoms with E-state index in [1.54, 1.807) is 6.26 Å². The number of aromatic nitrogens is 2. The second kappa shape index (κ2) is 7.96. The monoisotopic (exact) mass is 366 g/mol. The minimum Gasteiger partial charge on any atom is -0.468 e. The zero-order chi connectivity index (χ0) is 18.6. The molecule has 1 aliphatic heterocycles. The Labute approximate surface area is 159 Å². The van der Waals surface area contributed by atoms with Crippen LogP contribution in [0.2, 0.25) is 0 Å². The summed E-state index contributed by atoms with van der Waals surface area (Å²) in [4.78, 5) is 22.9. The van der Waals surface area contributed by atoms with Gasteiger partial charge < -0.3 is 14.7 Å². The Morgan fingerprint density at radius 1 is 1.37 bits per heavy atom. The number of hydrogen-bond donors (Lipinski definition) is 2. The first-order chi connectivity index (χ1) is 13.2. The molecule has 1 saturated heterocycles. The Kier molecular flexibility index (Phi) is 5.25. The number of aryl methyl sites for hydroxylation is 1. The van der Waals surface area contributed by atoms with Crippen LogP contribution in [0.15, 0.2) is 41.0 Å². The highest BCUT2D eigenvalue weighted by Crippen LogP contribution is 2.19. The largest absolute Gasteiger partial charge is 0.468 e. The quantitative estimate of drug-likeness (QED) is 0.703. The number of nitrogens with one attached hydrogen (secondary N) is 2. The van der Waals surface area contributed by atoms with E-state index in [1.807, 2.05) is 24.3 Å². The molecule has 6 nitrogen and oxygen atoms in total. The maximum absolute atomic E-state index is 12.6. The third kappa shape index (κ3) is 4.22. The number of imidazole rings is 1. The number of nitrogens with zero attached hydrogens (tertiary/aromatic N) is 2. The summed E-state index contributed by atoms with van der Waals surface area (Å²) in [7, 11) is 0. The number of furan rings is 1. The fraction of sp³-hybridized carbons (Fsp3) is 0.429. The number of H-pyrrole nitrogens is 1. The van der Waals surface area contributed by atoms with Gasteiger partial charge in [0.1, 0.15) is 11.6 Å². The molecule has 6 heteroatoms. The van der Waals surface area contributed by atoms with E-state index in [4.69, 9.17) is 4.42 Å². The van der Waals surface area contributed by atoms with E-state index in [0.29, 0.717) is 13.0 Å². The second-order valence-corrected chi connectivity index (χ2v) is 7.35. The van der Waals surface area contributed by atoms with E-state index in [2.05, 4.69) is 33.2 Å². The summed E-state index contributed by atoms with van der Waals surface area (Å²) in [5.41, 5.74) is 3.23. The highest BCUT2D eigenvalue weighted by molar-refractivity contribution is 5.79. The van der Waals surface area contributed by atoms with Gasteiger partial charge in [0, 0.05) is 19.5 Å². The smallest absolute Gasteiger partial charge is 0.224 e. The first-order valence-electron chi connectivity index (χ1n) is 9.66. The lowest BCUT2D eigenvalue weighted by Gasteiger charge is -2.31. The molecule has 27 heavy (non-hydrogen) atoms. The van der Waals surface area contributed by atoms with Gasteiger partial charge in [0.25, 0.3) is 0 Å². The number of aromatic amines is 1. The van der Waals surface area contributed by atoms with E-state index in [9.17, 15) is 4.79 Å². The number of hydrogen-bond acceptors (Lipinski definition) is 4. The number of carbonyl (C=O) groups excluding carboxylic acids is 1. The molecule has 2 N–H and O–H groups in total. The van der Waals surface area contributed by atoms with Gasteiger partial charge in [0.15, 0.2) is 0 Å². The third-order valence-corrected chi connectivity index (χ3v) is 5.26. The van der Waals surface area contributed by atoms with Crippen molar-refractivity contribution in [2.75, 3.05) is 19.6 Å². The summed E-state index contributed by atoms with van der Waals surface area (Å²) in [6.45, 7) is 5.24. The molecular formula is C21H26N4O2. The van der Waals surface area contributed by atoms with E-state index in [0.717, 1.165) is 60.7 Å². The minimum atomic E-state index is 0.0478. The molecule has 0 aliphatic carbocycles. The SMILES string of the molecule is Cc1cccc2[nH]c(CCNC(=O)[C@H]3CCCN(Cc4ccco4)C3)nc12. The number of benzene rings is 1. The molecule has 0 unspecified atom stereocenters. The fourth-order valence-corrected chi connectivity index (χ4v) is 3.83. The fourth-order valence-electron chi connectivity index (χ4n) is 3.83. The van der Waals surface area contributed by atoms with E-state index in [-0.39, 0.29) is 11.8 Å². The molecule has 1 atom stereocenters. The summed E-state index contributed by atoms with van der Waals surface area (Å²) in [6.07, 6.45) is 4.40. The number of rotatable bonds is 6. The summed E-state index contributed by atoms with van der Waals surface area (Å²) >= 11 is 0. The topological polar surface area (TPSA) is 74.2 Å². The van der Waals surface area contributed by atoms with Crippen molar-refractivity contribution in [3.63, 3.8) is 0 Å². The normalized spacial score (nSPS) is 18.0. The van der Waals surface area contributed by atoms with Crippen molar-refractivity contribution in [2.45, 2.75) is 32.7 Å². The first-order valence-corrected chi connectivity index (χ1v) is 9.66. The molecule has 1 fully saturated rings. The number of fused-ring (bicyclic) bond motifs is 1. The van der Waals surface area contributed by atoms with Crippen LogP contribution in [0.1, 0.15) is 30.0 Å². The molecule has 0 radical (unpaired) electrons. The van der Waals surface area contributed by atoms with Crippen LogP contribution in [-0.2, 0) is 17.8 Å². The molecule has 0 bridgehead atoms. The number of amides is 1. The van der Waals surface area contributed by atoms with Crippen molar-refractivity contribution in [3.05, 3.63) is 53.7 Å². The van der Waals surface area contributed by atoms with Crippen molar-refractivity contribution >= 4 is 16.9 Å². The van der Waals surface area contributed by atoms with Crippen LogP contribution in [0.4, 0.5) is 0 Å². The van der Waals surface area contributed by atoms with Gasteiger partial charge in [-0.2, -0.15) is 0 Å². The van der Waals surface area contributed by atoms with E-state index in [1.165, 1.54) is 0 Å². The Morgan fingerprint density at radius 3 is 3.11 bits per heavy atom. The van der Waals surface area contributed by atoms with Crippen LogP contribution in [-0.4, -0.2) is 40.4 Å². The maximum atomic E-state index is 12.6. The van der Waals surface area contributed by atoms with Gasteiger partial charge in [0.2, 0.25) is 5.91 Å². The van der Waals surface area contributed by atoms with Gasteiger partial charge in [0.05, 0.1) is 29.8 Å². The number of piperidine rings is 1. The van der Waals surface area contributed by atoms with E-state index >= 15 is 0 Å². The molecular weight excluding hydrogens is 340 g/mol. The van der Waals surface area contributed by atoms with Crippen molar-refractivity contribution < 1.29 is 9.21 Å². The van der Waals surface area contributed by atoms with Gasteiger partial charge in [-0.05, 0) is 50.1 Å². The van der Waals surface area contributed by atoms with Gasteiger partial charge in [-0.15, -0.1) is 0 Å². The molecule has 3 heterocycles. The lowest BCUT2D eigenvalue weighted by molar-refractivity contribution is -0.126. The highest BCUT2D eigenvalue weighted by atomic mass is 16.3. The Bertz CT molecular complexity index is 900. The average Bonchev–Trinajstić information content (AvgIpc) is 3.32. The molecule has 0 spiro atoms. The Hall–Kier alpha value is -2.60. The lowest BCUT2D eigenvalue weighted by Crippen LogP contribution is -2.43. The molecule has 0 saturated carbocycles. The molecule has 1 amide bonds. The zero-order valence-corrected chi connectivity index (χ0v) is 15.7. The minimum absolute atomic E-state index is 0.0478. The molecule has 1 aromatic carbocycles. The van der Waals surface area contributed by atoms with E-state index < -0.39 is 0 Å². The van der Waals surface area contributed by atoms with Crippen LogP contribution in [0.25, 0.3) is 11.0 Å². The molecule has 4 rings (SSSR count). The summed E-state index contributed by atoms with van der Waals surface area (Å²) in [5.74, 6) is 2.07. The molecule has 2 aromatic heterocycles. The summed E-state index contributed by atoms with van der Waals surface area (Å²) < 4.78 is 5.43. The van der Waals surface area contributed by atoms with Gasteiger partial charge in [-0.1, -0.05) is 12.1 Å². The van der Waals surface area contributed by atoms with Gasteiger partial charge >= 0.3 is 0 Å². The second-order valence-electron chi connectivity index (χ2n) is 7.35. The zero-order valence-electron chi connectivity index (χ0n) is 15.7. The third-order valence-electron chi connectivity index (χ3n) is 5.26. The van der Waals surface area contributed by atoms with Crippen LogP contribution in [0.3, 0.4) is 0 Å². The number of likely N-dealkylation sites (tertiary alicyclic amines) is 1. The van der Waals surface area contributed by atoms with Crippen molar-refractivity contribution in [3.8, 4) is 0 Å².